The summed E-state index contributed by atoms with van der Waals surface area (Å²) in [5.41, 5.74) is 0.864. The maximum Gasteiger partial charge on any atom is 0.321 e. The van der Waals surface area contributed by atoms with Crippen molar-refractivity contribution < 1.29 is 17.9 Å². The van der Waals surface area contributed by atoms with E-state index in [1.807, 2.05) is 13.0 Å². The van der Waals surface area contributed by atoms with Crippen LogP contribution in [0.1, 0.15) is 25.5 Å². The molecule has 0 aliphatic rings. The average molecular weight is 314 g/mol. The van der Waals surface area contributed by atoms with Crippen molar-refractivity contribution >= 4 is 16.0 Å². The lowest BCUT2D eigenvalue weighted by Crippen LogP contribution is -2.33. The Balaban J connectivity index is 2.99. The zero-order valence-corrected chi connectivity index (χ0v) is 13.6. The van der Waals surface area contributed by atoms with Crippen LogP contribution in [0.4, 0.5) is 0 Å². The minimum atomic E-state index is -3.71. The van der Waals surface area contributed by atoms with E-state index in [0.29, 0.717) is 0 Å². The summed E-state index contributed by atoms with van der Waals surface area (Å²) >= 11 is 0. The Morgan fingerprint density at radius 1 is 1.43 bits per heavy atom. The van der Waals surface area contributed by atoms with Crippen LogP contribution in [-0.2, 0) is 19.6 Å². The molecule has 1 unspecified atom stereocenters. The maximum absolute atomic E-state index is 12.4. The van der Waals surface area contributed by atoms with Crippen LogP contribution in [0, 0.1) is 0 Å². The van der Waals surface area contributed by atoms with Gasteiger partial charge in [-0.25, -0.2) is 8.42 Å². The van der Waals surface area contributed by atoms with Gasteiger partial charge in [0.2, 0.25) is 10.0 Å². The largest absolute Gasteiger partial charge is 0.465 e. The van der Waals surface area contributed by atoms with Crippen molar-refractivity contribution in [2.24, 2.45) is 0 Å². The van der Waals surface area contributed by atoms with Gasteiger partial charge in [-0.2, -0.15) is 4.31 Å². The molecule has 0 aromatic heterocycles. The van der Waals surface area contributed by atoms with Crippen LogP contribution in [0.5, 0.6) is 0 Å². The molecule has 118 valence electrons. The Morgan fingerprint density at radius 2 is 2.10 bits per heavy atom. The normalized spacial score (nSPS) is 13.2. The topological polar surface area (TPSA) is 75.7 Å². The molecule has 0 heterocycles. The zero-order valence-electron chi connectivity index (χ0n) is 12.8. The molecule has 0 radical (unpaired) electrons. The van der Waals surface area contributed by atoms with Crippen LogP contribution in [-0.4, -0.2) is 45.9 Å². The molecule has 6 nitrogen and oxygen atoms in total. The van der Waals surface area contributed by atoms with Gasteiger partial charge in [-0.05, 0) is 38.6 Å². The number of esters is 1. The lowest BCUT2D eigenvalue weighted by Gasteiger charge is -2.18. The molecule has 1 rings (SSSR count). The number of nitrogens with zero attached hydrogens (tertiary/aromatic N) is 1. The van der Waals surface area contributed by atoms with Crippen LogP contribution in [0.25, 0.3) is 0 Å². The third-order valence-corrected chi connectivity index (χ3v) is 4.96. The Bertz CT molecular complexity index is 586. The van der Waals surface area contributed by atoms with Crippen molar-refractivity contribution in [3.63, 3.8) is 0 Å². The standard InChI is InChI=1S/C14H22N2O4S/c1-5-20-14(17)10-16(4)21(18,19)13-8-6-7-12(9-13)11(2)15-3/h6-9,11,15H,5,10H2,1-4H3. The maximum atomic E-state index is 12.4. The van der Waals surface area contributed by atoms with Gasteiger partial charge in [0, 0.05) is 13.1 Å². The van der Waals surface area contributed by atoms with Crippen LogP contribution >= 0.6 is 0 Å². The highest BCUT2D eigenvalue weighted by atomic mass is 32.2. The lowest BCUT2D eigenvalue weighted by molar-refractivity contribution is -0.143. The quantitative estimate of drug-likeness (QED) is 0.764. The summed E-state index contributed by atoms with van der Waals surface area (Å²) < 4.78 is 30.6. The van der Waals surface area contributed by atoms with E-state index in [-0.39, 0.29) is 24.1 Å². The lowest BCUT2D eigenvalue weighted by atomic mass is 10.1. The summed E-state index contributed by atoms with van der Waals surface area (Å²) in [6, 6.07) is 6.70. The van der Waals surface area contributed by atoms with E-state index < -0.39 is 16.0 Å². The van der Waals surface area contributed by atoms with Gasteiger partial charge in [0.05, 0.1) is 11.5 Å². The van der Waals surface area contributed by atoms with Gasteiger partial charge in [-0.15, -0.1) is 0 Å². The second kappa shape index (κ2) is 7.53. The molecule has 0 amide bonds. The molecule has 1 aromatic carbocycles. The van der Waals surface area contributed by atoms with E-state index in [1.165, 1.54) is 13.1 Å². The minimum Gasteiger partial charge on any atom is -0.465 e. The Kier molecular flexibility index (Phi) is 6.32. The molecule has 21 heavy (non-hydrogen) atoms. The van der Waals surface area contributed by atoms with E-state index in [4.69, 9.17) is 4.74 Å². The van der Waals surface area contributed by atoms with Crippen LogP contribution in [0.2, 0.25) is 0 Å². The van der Waals surface area contributed by atoms with Crippen LogP contribution in [0.15, 0.2) is 29.2 Å². The van der Waals surface area contributed by atoms with Crippen LogP contribution < -0.4 is 5.32 Å². The highest BCUT2D eigenvalue weighted by Gasteiger charge is 2.24. The zero-order chi connectivity index (χ0) is 16.0. The van der Waals surface area contributed by atoms with Gasteiger partial charge in [-0.3, -0.25) is 4.79 Å². The smallest absolute Gasteiger partial charge is 0.321 e. The van der Waals surface area contributed by atoms with Gasteiger partial charge < -0.3 is 10.1 Å². The number of hydrogen-bond acceptors (Lipinski definition) is 5. The van der Waals surface area contributed by atoms with E-state index in [9.17, 15) is 13.2 Å². The minimum absolute atomic E-state index is 0.0375. The van der Waals surface area contributed by atoms with Gasteiger partial charge in [0.25, 0.3) is 0 Å². The molecule has 1 aromatic rings. The molecule has 1 N–H and O–H groups in total. The third kappa shape index (κ3) is 4.52. The molecule has 0 aliphatic heterocycles. The van der Waals surface area contributed by atoms with E-state index in [0.717, 1.165) is 9.87 Å². The van der Waals surface area contributed by atoms with Crippen molar-refractivity contribution in [3.05, 3.63) is 29.8 Å². The molecule has 0 spiro atoms. The first-order valence-corrected chi connectivity index (χ1v) is 8.16. The van der Waals surface area contributed by atoms with Crippen molar-refractivity contribution in [1.29, 1.82) is 0 Å². The van der Waals surface area contributed by atoms with Gasteiger partial charge >= 0.3 is 5.97 Å². The SMILES string of the molecule is CCOC(=O)CN(C)S(=O)(=O)c1cccc(C(C)NC)c1. The Morgan fingerprint density at radius 3 is 2.67 bits per heavy atom. The number of sulfonamides is 1. The fourth-order valence-corrected chi connectivity index (χ4v) is 2.94. The van der Waals surface area contributed by atoms with Gasteiger partial charge in [0.1, 0.15) is 6.54 Å². The fourth-order valence-electron chi connectivity index (χ4n) is 1.76. The Labute approximate surface area is 126 Å². The molecule has 0 fully saturated rings. The predicted molar refractivity (Wildman–Crippen MR) is 80.4 cm³/mol. The third-order valence-electron chi connectivity index (χ3n) is 3.16. The molecule has 0 saturated carbocycles. The predicted octanol–water partition coefficient (Wildman–Crippen LogP) is 1.15. The van der Waals surface area contributed by atoms with E-state index in [2.05, 4.69) is 5.32 Å². The number of hydrogen-bond donors (Lipinski definition) is 1. The summed E-state index contributed by atoms with van der Waals surface area (Å²) in [7, 11) is -0.546. The van der Waals surface area contributed by atoms with Crippen molar-refractivity contribution in [2.75, 3.05) is 27.2 Å². The monoisotopic (exact) mass is 314 g/mol. The highest BCUT2D eigenvalue weighted by Crippen LogP contribution is 2.19. The first-order valence-electron chi connectivity index (χ1n) is 6.72. The Hall–Kier alpha value is -1.44. The fraction of sp³-hybridized carbons (Fsp3) is 0.500. The average Bonchev–Trinajstić information content (AvgIpc) is 2.46. The van der Waals surface area contributed by atoms with E-state index >= 15 is 0 Å². The summed E-state index contributed by atoms with van der Waals surface area (Å²) in [5.74, 6) is -0.566. The second-order valence-corrected chi connectivity index (χ2v) is 6.69. The molecular formula is C14H22N2O4S. The molecule has 0 saturated heterocycles. The number of carbonyl (C=O) groups excluding carboxylic acids is 1. The van der Waals surface area contributed by atoms with Gasteiger partial charge in [-0.1, -0.05) is 12.1 Å². The van der Waals surface area contributed by atoms with Crippen molar-refractivity contribution in [1.82, 2.24) is 9.62 Å². The first-order chi connectivity index (χ1) is 9.82. The van der Waals surface area contributed by atoms with Crippen molar-refractivity contribution in [2.45, 2.75) is 24.8 Å². The number of likely N-dealkylation sites (N-methyl/N-ethyl adjacent to an activating group) is 1. The number of carbonyl (C=O) groups is 1. The van der Waals surface area contributed by atoms with Crippen molar-refractivity contribution in [3.8, 4) is 0 Å². The summed E-state index contributed by atoms with van der Waals surface area (Å²) in [6.45, 7) is 3.53. The number of benzene rings is 1. The molecule has 0 aliphatic carbocycles. The first kappa shape index (κ1) is 17.6. The molecule has 7 heteroatoms. The number of rotatable bonds is 7. The van der Waals surface area contributed by atoms with Crippen LogP contribution in [0.3, 0.4) is 0 Å². The summed E-state index contributed by atoms with van der Waals surface area (Å²) in [4.78, 5) is 11.6. The molecule has 1 atom stereocenters. The molecular weight excluding hydrogens is 292 g/mol. The van der Waals surface area contributed by atoms with E-state index in [1.54, 1.807) is 26.1 Å². The number of ether oxygens (including phenoxy) is 1. The number of nitrogens with one attached hydrogen (secondary N) is 1. The second-order valence-electron chi connectivity index (χ2n) is 4.65. The summed E-state index contributed by atoms with van der Waals surface area (Å²) in [6.07, 6.45) is 0. The molecule has 0 bridgehead atoms. The van der Waals surface area contributed by atoms with Gasteiger partial charge in [0.15, 0.2) is 0 Å². The highest BCUT2D eigenvalue weighted by molar-refractivity contribution is 7.89. The summed E-state index contributed by atoms with van der Waals surface area (Å²) in [5, 5.41) is 3.06.